The first-order valence-electron chi connectivity index (χ1n) is 5.32. The van der Waals surface area contributed by atoms with Gasteiger partial charge in [0.25, 0.3) is 0 Å². The third-order valence-corrected chi connectivity index (χ3v) is 2.34. The van der Waals surface area contributed by atoms with Crippen LogP contribution in [0.5, 0.6) is 5.75 Å². The first kappa shape index (κ1) is 11.8. The average molecular weight is 211 g/mol. The van der Waals surface area contributed by atoms with E-state index in [2.05, 4.69) is 4.90 Å². The zero-order valence-electron chi connectivity index (χ0n) is 9.80. The summed E-state index contributed by atoms with van der Waals surface area (Å²) in [6, 6.07) is 3.28. The second-order valence-electron chi connectivity index (χ2n) is 3.34. The van der Waals surface area contributed by atoms with Crippen molar-refractivity contribution in [3.8, 4) is 5.75 Å². The molecule has 2 rings (SSSR count). The van der Waals surface area contributed by atoms with Crippen LogP contribution in [-0.4, -0.2) is 20.2 Å². The summed E-state index contributed by atoms with van der Waals surface area (Å²) in [4.78, 5) is 2.07. The van der Waals surface area contributed by atoms with Crippen molar-refractivity contribution in [2.24, 2.45) is 0 Å². The maximum atomic E-state index is 13.1. The van der Waals surface area contributed by atoms with E-state index in [-0.39, 0.29) is 5.82 Å². The summed E-state index contributed by atoms with van der Waals surface area (Å²) < 4.78 is 18.5. The molecule has 1 aromatic rings. The van der Waals surface area contributed by atoms with Gasteiger partial charge in [0.1, 0.15) is 18.2 Å². The summed E-state index contributed by atoms with van der Waals surface area (Å²) >= 11 is 0. The number of fused-ring (bicyclic) bond motifs is 1. The summed E-state index contributed by atoms with van der Waals surface area (Å²) in [5.74, 6) is 0.450. The maximum absolute atomic E-state index is 13.1. The minimum atomic E-state index is -0.200. The van der Waals surface area contributed by atoms with Crippen molar-refractivity contribution < 1.29 is 9.13 Å². The molecule has 0 unspecified atom stereocenters. The van der Waals surface area contributed by atoms with Crippen molar-refractivity contribution in [2.45, 2.75) is 20.8 Å². The smallest absolute Gasteiger partial charge is 0.145 e. The standard InChI is InChI=1S/C10H12FNO.C2H6/c1-7-5-9-10(6-8(7)11)13-4-3-12(9)2;1-2/h5-6H,3-4H2,1-2H3;1-2H3. The zero-order chi connectivity index (χ0) is 11.4. The van der Waals surface area contributed by atoms with Gasteiger partial charge in [-0.2, -0.15) is 0 Å². The number of hydrogen-bond donors (Lipinski definition) is 0. The van der Waals surface area contributed by atoms with Gasteiger partial charge in [-0.05, 0) is 18.6 Å². The van der Waals surface area contributed by atoms with Gasteiger partial charge in [0, 0.05) is 13.1 Å². The number of anilines is 1. The van der Waals surface area contributed by atoms with Crippen LogP contribution < -0.4 is 9.64 Å². The summed E-state index contributed by atoms with van der Waals surface area (Å²) in [6.07, 6.45) is 0. The fourth-order valence-corrected chi connectivity index (χ4v) is 1.47. The lowest BCUT2D eigenvalue weighted by atomic mass is 10.1. The van der Waals surface area contributed by atoms with Gasteiger partial charge in [0.15, 0.2) is 0 Å². The van der Waals surface area contributed by atoms with E-state index in [0.29, 0.717) is 17.9 Å². The van der Waals surface area contributed by atoms with Gasteiger partial charge in [-0.1, -0.05) is 13.8 Å². The Balaban J connectivity index is 0.000000531. The van der Waals surface area contributed by atoms with Crippen molar-refractivity contribution in [2.75, 3.05) is 25.1 Å². The monoisotopic (exact) mass is 211 g/mol. The number of hydrogen-bond acceptors (Lipinski definition) is 2. The van der Waals surface area contributed by atoms with Crippen LogP contribution in [0.25, 0.3) is 0 Å². The SMILES string of the molecule is CC.Cc1cc2c(cc1F)OCCN2C. The molecule has 0 N–H and O–H groups in total. The number of likely N-dealkylation sites (N-methyl/N-ethyl adjacent to an activating group) is 1. The van der Waals surface area contributed by atoms with E-state index in [1.807, 2.05) is 27.0 Å². The normalized spacial score (nSPS) is 13.5. The lowest BCUT2D eigenvalue weighted by Gasteiger charge is -2.28. The highest BCUT2D eigenvalue weighted by Gasteiger charge is 2.16. The molecule has 15 heavy (non-hydrogen) atoms. The molecule has 0 aliphatic carbocycles. The van der Waals surface area contributed by atoms with Crippen LogP contribution >= 0.6 is 0 Å². The highest BCUT2D eigenvalue weighted by atomic mass is 19.1. The van der Waals surface area contributed by atoms with E-state index in [0.717, 1.165) is 12.2 Å². The first-order valence-corrected chi connectivity index (χ1v) is 5.32. The lowest BCUT2D eigenvalue weighted by Crippen LogP contribution is -2.28. The summed E-state index contributed by atoms with van der Waals surface area (Å²) in [5, 5.41) is 0. The Bertz CT molecular complexity index is 339. The molecule has 0 aromatic heterocycles. The number of benzene rings is 1. The third-order valence-electron chi connectivity index (χ3n) is 2.34. The first-order chi connectivity index (χ1) is 7.18. The summed E-state index contributed by atoms with van der Waals surface area (Å²) in [7, 11) is 1.98. The number of rotatable bonds is 0. The molecule has 0 radical (unpaired) electrons. The Morgan fingerprint density at radius 3 is 2.67 bits per heavy atom. The molecule has 0 atom stereocenters. The number of halogens is 1. The van der Waals surface area contributed by atoms with Gasteiger partial charge < -0.3 is 9.64 Å². The van der Waals surface area contributed by atoms with Gasteiger partial charge >= 0.3 is 0 Å². The van der Waals surface area contributed by atoms with Crippen LogP contribution in [0.15, 0.2) is 12.1 Å². The van der Waals surface area contributed by atoms with E-state index in [9.17, 15) is 4.39 Å². The molecule has 0 fully saturated rings. The van der Waals surface area contributed by atoms with E-state index in [1.54, 1.807) is 6.92 Å². The van der Waals surface area contributed by atoms with E-state index >= 15 is 0 Å². The second kappa shape index (κ2) is 5.01. The van der Waals surface area contributed by atoms with Crippen LogP contribution in [0.1, 0.15) is 19.4 Å². The van der Waals surface area contributed by atoms with Crippen LogP contribution in [0.2, 0.25) is 0 Å². The van der Waals surface area contributed by atoms with Crippen LogP contribution in [-0.2, 0) is 0 Å². The van der Waals surface area contributed by atoms with E-state index in [4.69, 9.17) is 4.74 Å². The van der Waals surface area contributed by atoms with Crippen molar-refractivity contribution >= 4 is 5.69 Å². The number of ether oxygens (including phenoxy) is 1. The molecule has 1 heterocycles. The van der Waals surface area contributed by atoms with Gasteiger partial charge in [0.2, 0.25) is 0 Å². The Labute approximate surface area is 90.7 Å². The third kappa shape index (κ3) is 2.41. The van der Waals surface area contributed by atoms with Gasteiger partial charge in [-0.15, -0.1) is 0 Å². The van der Waals surface area contributed by atoms with Crippen molar-refractivity contribution in [1.82, 2.24) is 0 Å². The minimum Gasteiger partial charge on any atom is -0.489 e. The summed E-state index contributed by atoms with van der Waals surface area (Å²) in [6.45, 7) is 7.25. The Kier molecular flexibility index (Phi) is 3.95. The zero-order valence-corrected chi connectivity index (χ0v) is 9.80. The largest absolute Gasteiger partial charge is 0.489 e. The number of nitrogens with zero attached hydrogens (tertiary/aromatic N) is 1. The molecule has 0 bridgehead atoms. The fraction of sp³-hybridized carbons (Fsp3) is 0.500. The predicted molar refractivity (Wildman–Crippen MR) is 61.3 cm³/mol. The highest BCUT2D eigenvalue weighted by Crippen LogP contribution is 2.32. The van der Waals surface area contributed by atoms with Gasteiger partial charge in [-0.3, -0.25) is 0 Å². The molecule has 0 saturated carbocycles. The predicted octanol–water partition coefficient (Wildman–Crippen LogP) is 2.99. The summed E-state index contributed by atoms with van der Waals surface area (Å²) in [5.41, 5.74) is 1.64. The fourth-order valence-electron chi connectivity index (χ4n) is 1.47. The van der Waals surface area contributed by atoms with Crippen molar-refractivity contribution in [3.63, 3.8) is 0 Å². The molecule has 0 spiro atoms. The van der Waals surface area contributed by atoms with Crippen LogP contribution in [0, 0.1) is 12.7 Å². The molecule has 3 heteroatoms. The molecule has 2 nitrogen and oxygen atoms in total. The molecule has 1 aliphatic heterocycles. The second-order valence-corrected chi connectivity index (χ2v) is 3.34. The molecule has 0 amide bonds. The quantitative estimate of drug-likeness (QED) is 0.654. The molecule has 1 aliphatic rings. The Hall–Kier alpha value is -1.25. The average Bonchev–Trinajstić information content (AvgIpc) is 2.24. The molecular weight excluding hydrogens is 193 g/mol. The molecular formula is C12H18FNO. The van der Waals surface area contributed by atoms with Crippen LogP contribution in [0.3, 0.4) is 0 Å². The molecule has 84 valence electrons. The topological polar surface area (TPSA) is 12.5 Å². The Morgan fingerprint density at radius 2 is 2.00 bits per heavy atom. The highest BCUT2D eigenvalue weighted by molar-refractivity contribution is 5.61. The van der Waals surface area contributed by atoms with E-state index in [1.165, 1.54) is 6.07 Å². The van der Waals surface area contributed by atoms with Crippen molar-refractivity contribution in [3.05, 3.63) is 23.5 Å². The minimum absolute atomic E-state index is 0.200. The maximum Gasteiger partial charge on any atom is 0.145 e. The number of aryl methyl sites for hydroxylation is 1. The van der Waals surface area contributed by atoms with Gasteiger partial charge in [-0.25, -0.2) is 4.39 Å². The molecule has 0 saturated heterocycles. The van der Waals surface area contributed by atoms with Gasteiger partial charge in [0.05, 0.1) is 12.2 Å². The Morgan fingerprint density at radius 1 is 1.33 bits per heavy atom. The van der Waals surface area contributed by atoms with Crippen LogP contribution in [0.4, 0.5) is 10.1 Å². The van der Waals surface area contributed by atoms with Crippen molar-refractivity contribution in [1.29, 1.82) is 0 Å². The molecule has 1 aromatic carbocycles. The van der Waals surface area contributed by atoms with E-state index < -0.39 is 0 Å². The lowest BCUT2D eigenvalue weighted by molar-refractivity contribution is 0.309.